The molecule has 3 saturated heterocycles. The first kappa shape index (κ1) is 27.8. The van der Waals surface area contributed by atoms with Crippen molar-refractivity contribution >= 4 is 39.3 Å². The van der Waals surface area contributed by atoms with Gasteiger partial charge in [0.2, 0.25) is 17.7 Å². The summed E-state index contributed by atoms with van der Waals surface area (Å²) in [4.78, 5) is 43.3. The second-order valence-electron chi connectivity index (χ2n) is 11.0. The van der Waals surface area contributed by atoms with Crippen molar-refractivity contribution in [1.29, 1.82) is 0 Å². The number of amides is 3. The van der Waals surface area contributed by atoms with Crippen molar-refractivity contribution in [2.75, 3.05) is 18.5 Å². The number of alkyl halides is 1. The first-order chi connectivity index (χ1) is 18.7. The summed E-state index contributed by atoms with van der Waals surface area (Å²) in [6.07, 6.45) is 1.03. The maximum absolute atomic E-state index is 14.3. The maximum atomic E-state index is 14.3. The van der Waals surface area contributed by atoms with Gasteiger partial charge in [-0.15, -0.1) is 0 Å². The average molecular weight is 599 g/mol. The Balaban J connectivity index is 1.57. The van der Waals surface area contributed by atoms with Crippen LogP contribution >= 0.6 is 15.9 Å². The minimum atomic E-state index is -1.19. The zero-order valence-electron chi connectivity index (χ0n) is 22.5. The predicted molar refractivity (Wildman–Crippen MR) is 151 cm³/mol. The third-order valence-electron chi connectivity index (χ3n) is 8.48. The van der Waals surface area contributed by atoms with Crippen LogP contribution in [0.4, 0.5) is 5.69 Å². The summed E-state index contributed by atoms with van der Waals surface area (Å²) in [7, 11) is 0. The first-order valence-corrected chi connectivity index (χ1v) is 14.6. The molecule has 8 nitrogen and oxygen atoms in total. The topological polar surface area (TPSA) is 108 Å². The van der Waals surface area contributed by atoms with Gasteiger partial charge in [-0.25, -0.2) is 0 Å². The molecule has 39 heavy (non-hydrogen) atoms. The van der Waals surface area contributed by atoms with Crippen LogP contribution in [0.25, 0.3) is 0 Å². The largest absolute Gasteiger partial charge is 0.394 e. The Labute approximate surface area is 237 Å². The maximum Gasteiger partial charge on any atom is 0.250 e. The van der Waals surface area contributed by atoms with Crippen LogP contribution in [-0.4, -0.2) is 69.5 Å². The fraction of sp³-hybridized carbons (Fsp3) is 0.500. The van der Waals surface area contributed by atoms with Gasteiger partial charge in [-0.2, -0.15) is 0 Å². The number of hydrogen-bond donors (Lipinski definition) is 3. The summed E-state index contributed by atoms with van der Waals surface area (Å²) in [5, 5.41) is 16.6. The van der Waals surface area contributed by atoms with Crippen molar-refractivity contribution in [2.24, 2.45) is 11.8 Å². The number of nitrogens with zero attached hydrogens (tertiary/aromatic N) is 1. The Morgan fingerprint density at radius 2 is 1.82 bits per heavy atom. The van der Waals surface area contributed by atoms with E-state index in [1.807, 2.05) is 69.3 Å². The second-order valence-corrected chi connectivity index (χ2v) is 12.2. The molecule has 2 aromatic carbocycles. The molecule has 208 valence electrons. The number of aliphatic hydroxyl groups is 1. The molecule has 1 spiro atoms. The number of anilines is 1. The van der Waals surface area contributed by atoms with Gasteiger partial charge in [-0.05, 0) is 49.8 Å². The Kier molecular flexibility index (Phi) is 7.86. The minimum absolute atomic E-state index is 0.184. The van der Waals surface area contributed by atoms with E-state index in [0.717, 1.165) is 23.1 Å². The normalized spacial score (nSPS) is 29.8. The monoisotopic (exact) mass is 597 g/mol. The number of fused-ring (bicyclic) bond motifs is 1. The van der Waals surface area contributed by atoms with Gasteiger partial charge in [0.1, 0.15) is 11.6 Å². The number of aryl methyl sites for hydroxylation is 2. The number of aliphatic hydroxyl groups excluding tert-OH is 1. The van der Waals surface area contributed by atoms with Crippen molar-refractivity contribution in [3.05, 3.63) is 65.2 Å². The van der Waals surface area contributed by atoms with Crippen LogP contribution in [0.15, 0.2) is 48.5 Å². The number of hydrogen-bond acceptors (Lipinski definition) is 5. The lowest BCUT2D eigenvalue weighted by Gasteiger charge is -2.37. The van der Waals surface area contributed by atoms with E-state index in [0.29, 0.717) is 25.1 Å². The molecular weight excluding hydrogens is 562 g/mol. The van der Waals surface area contributed by atoms with Gasteiger partial charge in [0.25, 0.3) is 0 Å². The zero-order valence-corrected chi connectivity index (χ0v) is 24.1. The van der Waals surface area contributed by atoms with E-state index in [2.05, 4.69) is 26.6 Å². The first-order valence-electron chi connectivity index (χ1n) is 13.7. The summed E-state index contributed by atoms with van der Waals surface area (Å²) in [5.41, 5.74) is 2.26. The van der Waals surface area contributed by atoms with Gasteiger partial charge >= 0.3 is 0 Å². The molecule has 0 saturated carbocycles. The van der Waals surface area contributed by atoms with Crippen LogP contribution < -0.4 is 10.6 Å². The summed E-state index contributed by atoms with van der Waals surface area (Å²) < 4.78 is 6.57. The van der Waals surface area contributed by atoms with Gasteiger partial charge in [0, 0.05) is 17.1 Å². The molecular formula is C30H36BrN3O5. The smallest absolute Gasteiger partial charge is 0.250 e. The summed E-state index contributed by atoms with van der Waals surface area (Å²) in [6, 6.07) is 13.7. The van der Waals surface area contributed by atoms with Crippen molar-refractivity contribution in [1.82, 2.24) is 10.2 Å². The molecule has 3 heterocycles. The van der Waals surface area contributed by atoms with Crippen LogP contribution in [0.5, 0.6) is 0 Å². The van der Waals surface area contributed by atoms with Gasteiger partial charge in [0.05, 0.1) is 30.6 Å². The van der Waals surface area contributed by atoms with E-state index in [-0.39, 0.29) is 29.2 Å². The molecule has 7 atom stereocenters. The molecule has 3 N–H and O–H groups in total. The fourth-order valence-electron chi connectivity index (χ4n) is 6.77. The number of para-hydroxylation sites is 1. The summed E-state index contributed by atoms with van der Waals surface area (Å²) >= 11 is 3.70. The number of rotatable bonds is 9. The molecule has 3 fully saturated rings. The minimum Gasteiger partial charge on any atom is -0.394 e. The Morgan fingerprint density at radius 1 is 1.13 bits per heavy atom. The van der Waals surface area contributed by atoms with Crippen LogP contribution in [0.2, 0.25) is 0 Å². The highest BCUT2D eigenvalue weighted by molar-refractivity contribution is 9.09. The van der Waals surface area contributed by atoms with Crippen LogP contribution in [0.1, 0.15) is 36.5 Å². The Morgan fingerprint density at radius 3 is 2.46 bits per heavy atom. The van der Waals surface area contributed by atoms with Crippen LogP contribution in [-0.2, 0) is 25.5 Å². The Hall–Kier alpha value is -2.75. The van der Waals surface area contributed by atoms with E-state index in [9.17, 15) is 19.5 Å². The number of carbonyl (C=O) groups is 3. The molecule has 3 aliphatic heterocycles. The molecule has 9 heteroatoms. The molecule has 0 aromatic heterocycles. The van der Waals surface area contributed by atoms with Crippen LogP contribution in [0, 0.1) is 25.7 Å². The number of ether oxygens (including phenoxy) is 1. The third kappa shape index (κ3) is 4.68. The third-order valence-corrected chi connectivity index (χ3v) is 9.32. The molecule has 0 aliphatic carbocycles. The number of benzene rings is 2. The van der Waals surface area contributed by atoms with E-state index < -0.39 is 35.6 Å². The second kappa shape index (κ2) is 11.0. The van der Waals surface area contributed by atoms with Crippen molar-refractivity contribution in [3.63, 3.8) is 0 Å². The van der Waals surface area contributed by atoms with E-state index in [4.69, 9.17) is 4.74 Å². The highest BCUT2D eigenvalue weighted by atomic mass is 79.9. The molecule has 3 amide bonds. The molecule has 2 aromatic rings. The zero-order chi connectivity index (χ0) is 27.9. The number of likely N-dealkylation sites (tertiary alicyclic amines) is 1. The fourth-order valence-corrected chi connectivity index (χ4v) is 7.71. The van der Waals surface area contributed by atoms with E-state index in [1.165, 1.54) is 4.90 Å². The lowest BCUT2D eigenvalue weighted by atomic mass is 9.70. The number of halogens is 1. The van der Waals surface area contributed by atoms with Crippen molar-refractivity contribution in [3.8, 4) is 0 Å². The number of carbonyl (C=O) groups excluding carboxylic acids is 3. The van der Waals surface area contributed by atoms with Crippen molar-refractivity contribution in [2.45, 2.75) is 68.6 Å². The SMILES string of the molecule is CCCNC(=O)[C@H]1[C@@H]2OC3(CC2Br)C(C(=O)Nc2c(C)cccc2C)N([C@@H](CO)Cc2ccccc2)C(=O)[C@H]13. The lowest BCUT2D eigenvalue weighted by Crippen LogP contribution is -2.57. The van der Waals surface area contributed by atoms with Gasteiger partial charge < -0.3 is 25.4 Å². The Bertz CT molecular complexity index is 1240. The lowest BCUT2D eigenvalue weighted by molar-refractivity contribution is -0.144. The highest BCUT2D eigenvalue weighted by Gasteiger charge is 2.77. The molecule has 2 bridgehead atoms. The van der Waals surface area contributed by atoms with E-state index >= 15 is 0 Å². The van der Waals surface area contributed by atoms with Crippen molar-refractivity contribution < 1.29 is 24.2 Å². The number of nitrogens with one attached hydrogen (secondary N) is 2. The van der Waals surface area contributed by atoms with Gasteiger partial charge in [-0.3, -0.25) is 14.4 Å². The van der Waals surface area contributed by atoms with Gasteiger partial charge in [-0.1, -0.05) is 71.4 Å². The summed E-state index contributed by atoms with van der Waals surface area (Å²) in [5.74, 6) is -2.45. The summed E-state index contributed by atoms with van der Waals surface area (Å²) in [6.45, 7) is 5.99. The molecule has 3 unspecified atom stereocenters. The molecule has 5 rings (SSSR count). The van der Waals surface area contributed by atoms with Gasteiger partial charge in [0.15, 0.2) is 0 Å². The standard InChI is InChI=1S/C30H36BrN3O5/c1-4-13-32-27(36)22-23-29(38)34(20(16-35)14-19-11-6-5-7-12-19)26(30(23)15-21(31)25(22)39-30)28(37)33-24-17(2)9-8-10-18(24)3/h5-12,20-23,25-26,35H,4,13-16H2,1-3H3,(H,32,36)(H,33,37)/t20-,21?,22-,23+,25-,26?,30?/m1/s1. The highest BCUT2D eigenvalue weighted by Crippen LogP contribution is 2.60. The molecule has 0 radical (unpaired) electrons. The quantitative estimate of drug-likeness (QED) is 0.385. The predicted octanol–water partition coefficient (Wildman–Crippen LogP) is 3.12. The molecule has 3 aliphatic rings. The average Bonchev–Trinajstić information content (AvgIpc) is 3.52. The van der Waals surface area contributed by atoms with Crippen LogP contribution in [0.3, 0.4) is 0 Å². The van der Waals surface area contributed by atoms with E-state index in [1.54, 1.807) is 0 Å².